The third kappa shape index (κ3) is 4.09. The molecule has 0 spiro atoms. The molecule has 0 radical (unpaired) electrons. The normalized spacial score (nSPS) is 22.8. The second-order valence-electron chi connectivity index (χ2n) is 6.51. The second-order valence-corrected chi connectivity index (χ2v) is 6.51. The molecule has 1 fully saturated rings. The number of carbonyl (C=O) groups excluding carboxylic acids is 2. The van der Waals surface area contributed by atoms with Gasteiger partial charge in [-0.2, -0.15) is 0 Å². The van der Waals surface area contributed by atoms with Gasteiger partial charge in [0.05, 0.1) is 12.5 Å². The number of hydrogen-bond acceptors (Lipinski definition) is 2. The van der Waals surface area contributed by atoms with Gasteiger partial charge >= 0.3 is 0 Å². The number of primary amides is 1. The Kier molecular flexibility index (Phi) is 5.58. The first-order valence-corrected chi connectivity index (χ1v) is 8.09. The van der Waals surface area contributed by atoms with Crippen LogP contribution in [0.2, 0.25) is 0 Å². The topological polar surface area (TPSA) is 63.4 Å². The van der Waals surface area contributed by atoms with E-state index in [0.717, 1.165) is 24.8 Å². The Morgan fingerprint density at radius 2 is 1.95 bits per heavy atom. The molecule has 120 valence electrons. The molecule has 0 unspecified atom stereocenters. The zero-order valence-corrected chi connectivity index (χ0v) is 13.5. The van der Waals surface area contributed by atoms with Gasteiger partial charge < -0.3 is 10.6 Å². The molecule has 0 aliphatic heterocycles. The largest absolute Gasteiger partial charge is 0.370 e. The minimum atomic E-state index is -0.384. The Hall–Kier alpha value is -1.84. The summed E-state index contributed by atoms with van der Waals surface area (Å²) in [4.78, 5) is 26.0. The monoisotopic (exact) mass is 302 g/mol. The summed E-state index contributed by atoms with van der Waals surface area (Å²) >= 11 is 0. The van der Waals surface area contributed by atoms with Crippen molar-refractivity contribution in [3.63, 3.8) is 0 Å². The zero-order valence-electron chi connectivity index (χ0n) is 13.5. The second kappa shape index (κ2) is 7.43. The van der Waals surface area contributed by atoms with E-state index in [4.69, 9.17) is 5.73 Å². The summed E-state index contributed by atoms with van der Waals surface area (Å²) in [6.07, 6.45) is 4.37. The van der Waals surface area contributed by atoms with Crippen molar-refractivity contribution in [2.45, 2.75) is 45.1 Å². The lowest BCUT2D eigenvalue weighted by Crippen LogP contribution is -2.39. The Balaban J connectivity index is 2.15. The van der Waals surface area contributed by atoms with Gasteiger partial charge in [-0.25, -0.2) is 0 Å². The van der Waals surface area contributed by atoms with Crippen molar-refractivity contribution in [1.29, 1.82) is 0 Å². The molecule has 0 aromatic heterocycles. The predicted molar refractivity (Wildman–Crippen MR) is 86.9 cm³/mol. The van der Waals surface area contributed by atoms with Crippen molar-refractivity contribution in [3.05, 3.63) is 35.9 Å². The Morgan fingerprint density at radius 1 is 1.27 bits per heavy atom. The fourth-order valence-corrected chi connectivity index (χ4v) is 3.44. The quantitative estimate of drug-likeness (QED) is 0.909. The van der Waals surface area contributed by atoms with E-state index in [0.29, 0.717) is 5.92 Å². The van der Waals surface area contributed by atoms with Crippen LogP contribution >= 0.6 is 0 Å². The summed E-state index contributed by atoms with van der Waals surface area (Å²) in [6.45, 7) is 2.21. The smallest absolute Gasteiger partial charge is 0.225 e. The van der Waals surface area contributed by atoms with Crippen LogP contribution in [0.4, 0.5) is 0 Å². The maximum Gasteiger partial charge on any atom is 0.225 e. The van der Waals surface area contributed by atoms with Crippen LogP contribution in [0.3, 0.4) is 0 Å². The molecule has 2 rings (SSSR count). The molecule has 4 heteroatoms. The van der Waals surface area contributed by atoms with Crippen LogP contribution in [-0.4, -0.2) is 23.8 Å². The van der Waals surface area contributed by atoms with Crippen LogP contribution in [0, 0.1) is 11.8 Å². The van der Waals surface area contributed by atoms with Crippen LogP contribution < -0.4 is 5.73 Å². The number of nitrogens with two attached hydrogens (primary N) is 1. The van der Waals surface area contributed by atoms with Gasteiger partial charge in [-0.3, -0.25) is 9.59 Å². The van der Waals surface area contributed by atoms with E-state index >= 15 is 0 Å². The van der Waals surface area contributed by atoms with Crippen LogP contribution in [0.5, 0.6) is 0 Å². The molecule has 1 aromatic rings. The van der Waals surface area contributed by atoms with E-state index in [2.05, 4.69) is 6.92 Å². The molecule has 3 atom stereocenters. The number of benzene rings is 1. The van der Waals surface area contributed by atoms with Gasteiger partial charge in [-0.05, 0) is 24.3 Å². The standard InChI is InChI=1S/C18H26N2O2/c1-13-7-6-10-15(11-13)18(22)20(2)16(12-17(19)21)14-8-4-3-5-9-14/h3-5,8-9,13,15-16H,6-7,10-12H2,1-2H3,(H2,19,21)/t13-,15+,16+/m1/s1. The predicted octanol–water partition coefficient (Wildman–Crippen LogP) is 2.89. The van der Waals surface area contributed by atoms with Gasteiger partial charge in [0.25, 0.3) is 0 Å². The Bertz CT molecular complexity index is 515. The van der Waals surface area contributed by atoms with Gasteiger partial charge in [-0.15, -0.1) is 0 Å². The minimum Gasteiger partial charge on any atom is -0.370 e. The SMILES string of the molecule is C[C@@H]1CCC[C@H](C(=O)N(C)[C@@H](CC(N)=O)c2ccccc2)C1. The van der Waals surface area contributed by atoms with Crippen molar-refractivity contribution in [2.75, 3.05) is 7.05 Å². The van der Waals surface area contributed by atoms with Crippen molar-refractivity contribution >= 4 is 11.8 Å². The van der Waals surface area contributed by atoms with Crippen LogP contribution in [0.25, 0.3) is 0 Å². The highest BCUT2D eigenvalue weighted by molar-refractivity contribution is 5.81. The van der Waals surface area contributed by atoms with Gasteiger partial charge in [0, 0.05) is 13.0 Å². The first-order valence-electron chi connectivity index (χ1n) is 8.09. The van der Waals surface area contributed by atoms with E-state index in [1.54, 1.807) is 11.9 Å². The summed E-state index contributed by atoms with van der Waals surface area (Å²) in [5, 5.41) is 0. The number of hydrogen-bond donors (Lipinski definition) is 1. The number of amides is 2. The molecule has 1 aliphatic carbocycles. The van der Waals surface area contributed by atoms with Gasteiger partial charge in [0.15, 0.2) is 0 Å². The third-order valence-electron chi connectivity index (χ3n) is 4.68. The highest BCUT2D eigenvalue weighted by Crippen LogP contribution is 2.32. The number of carbonyl (C=O) groups is 2. The molecule has 1 aliphatic rings. The van der Waals surface area contributed by atoms with Crippen LogP contribution in [-0.2, 0) is 9.59 Å². The van der Waals surface area contributed by atoms with E-state index in [9.17, 15) is 9.59 Å². The highest BCUT2D eigenvalue weighted by Gasteiger charge is 2.31. The summed E-state index contributed by atoms with van der Waals surface area (Å²) < 4.78 is 0. The molecule has 2 N–H and O–H groups in total. The number of nitrogens with zero attached hydrogens (tertiary/aromatic N) is 1. The first-order chi connectivity index (χ1) is 10.5. The maximum absolute atomic E-state index is 12.8. The van der Waals surface area contributed by atoms with E-state index < -0.39 is 0 Å². The average Bonchev–Trinajstić information content (AvgIpc) is 2.52. The van der Waals surface area contributed by atoms with Crippen molar-refractivity contribution < 1.29 is 9.59 Å². The van der Waals surface area contributed by atoms with E-state index in [-0.39, 0.29) is 30.2 Å². The average molecular weight is 302 g/mol. The molecule has 1 aromatic carbocycles. The number of rotatable bonds is 5. The van der Waals surface area contributed by atoms with E-state index in [1.165, 1.54) is 6.42 Å². The van der Waals surface area contributed by atoms with Crippen molar-refractivity contribution in [3.8, 4) is 0 Å². The Morgan fingerprint density at radius 3 is 2.55 bits per heavy atom. The lowest BCUT2D eigenvalue weighted by atomic mass is 9.81. The summed E-state index contributed by atoms with van der Waals surface area (Å²) in [5.74, 6) is 0.433. The molecule has 4 nitrogen and oxygen atoms in total. The molecule has 22 heavy (non-hydrogen) atoms. The molecule has 1 saturated carbocycles. The zero-order chi connectivity index (χ0) is 16.1. The van der Waals surface area contributed by atoms with Gasteiger partial charge in [0.1, 0.15) is 0 Å². The molecule has 0 heterocycles. The summed E-state index contributed by atoms with van der Waals surface area (Å²) in [5.41, 5.74) is 6.35. The molecule has 0 saturated heterocycles. The fourth-order valence-electron chi connectivity index (χ4n) is 3.44. The highest BCUT2D eigenvalue weighted by atomic mass is 16.2. The van der Waals surface area contributed by atoms with Crippen LogP contribution in [0.1, 0.15) is 50.6 Å². The lowest BCUT2D eigenvalue weighted by Gasteiger charge is -2.34. The summed E-state index contributed by atoms with van der Waals surface area (Å²) in [7, 11) is 1.79. The lowest BCUT2D eigenvalue weighted by molar-refractivity contribution is -0.138. The molecular weight excluding hydrogens is 276 g/mol. The first kappa shape index (κ1) is 16.5. The fraction of sp³-hybridized carbons (Fsp3) is 0.556. The summed E-state index contributed by atoms with van der Waals surface area (Å²) in [6, 6.07) is 9.38. The van der Waals surface area contributed by atoms with Crippen LogP contribution in [0.15, 0.2) is 30.3 Å². The minimum absolute atomic E-state index is 0.0767. The molecule has 0 bridgehead atoms. The van der Waals surface area contributed by atoms with Gasteiger partial charge in [0.2, 0.25) is 11.8 Å². The van der Waals surface area contributed by atoms with Crippen molar-refractivity contribution in [1.82, 2.24) is 4.90 Å². The Labute approximate surface area is 132 Å². The molecule has 2 amide bonds. The maximum atomic E-state index is 12.8. The van der Waals surface area contributed by atoms with Crippen molar-refractivity contribution in [2.24, 2.45) is 17.6 Å². The third-order valence-corrected chi connectivity index (χ3v) is 4.68. The molecular formula is C18H26N2O2. The van der Waals surface area contributed by atoms with Gasteiger partial charge in [-0.1, -0.05) is 50.1 Å². The van der Waals surface area contributed by atoms with E-state index in [1.807, 2.05) is 30.3 Å².